The average molecular weight is 508 g/mol. The fourth-order valence-corrected chi connectivity index (χ4v) is 7.83. The molecule has 198 valence electrons. The molecule has 0 unspecified atom stereocenters. The van der Waals surface area contributed by atoms with Crippen molar-refractivity contribution in [3.05, 3.63) is 24.3 Å². The Bertz CT molecular complexity index is 967. The Balaban J connectivity index is 2.34. The predicted octanol–water partition coefficient (Wildman–Crippen LogP) is 5.03. The quantitative estimate of drug-likeness (QED) is 0.408. The maximum Gasteiger partial charge on any atom is 0.405 e. The number of carbonyl (C=O) groups is 2. The van der Waals surface area contributed by atoms with E-state index in [1.54, 1.807) is 19.9 Å². The van der Waals surface area contributed by atoms with Crippen molar-refractivity contribution < 1.29 is 28.6 Å². The lowest BCUT2D eigenvalue weighted by Crippen LogP contribution is -2.81. The molecule has 1 aliphatic heterocycles. The van der Waals surface area contributed by atoms with Crippen LogP contribution in [0, 0.1) is 10.8 Å². The maximum absolute atomic E-state index is 14.1. The van der Waals surface area contributed by atoms with E-state index in [2.05, 4.69) is 54.3 Å². The molecular weight excluding hydrogens is 462 g/mol. The van der Waals surface area contributed by atoms with Crippen molar-refractivity contribution in [1.82, 2.24) is 0 Å². The molecule has 1 amide bonds. The molecular formula is C27H45NO6Si. The normalized spacial score (nSPS) is 41.3. The van der Waals surface area contributed by atoms with Crippen molar-refractivity contribution in [2.75, 3.05) is 0 Å². The topological polar surface area (TPSA) is 108 Å². The Morgan fingerprint density at radius 3 is 2.31 bits per heavy atom. The third-order valence-electron chi connectivity index (χ3n) is 9.57. The van der Waals surface area contributed by atoms with Gasteiger partial charge in [-0.2, -0.15) is 0 Å². The summed E-state index contributed by atoms with van der Waals surface area (Å²) in [4.78, 5) is 26.1. The Labute approximate surface area is 211 Å². The summed E-state index contributed by atoms with van der Waals surface area (Å²) in [5, 5.41) is 12.7. The molecule has 0 aromatic carbocycles. The zero-order valence-corrected chi connectivity index (χ0v) is 24.2. The molecule has 0 radical (unpaired) electrons. The molecule has 1 saturated heterocycles. The number of carbonyl (C=O) groups excluding carboxylic acids is 2. The third kappa shape index (κ3) is 3.86. The number of hydrogen-bond donors (Lipinski definition) is 2. The van der Waals surface area contributed by atoms with Crippen molar-refractivity contribution in [2.24, 2.45) is 16.6 Å². The van der Waals surface area contributed by atoms with Crippen molar-refractivity contribution in [2.45, 2.75) is 122 Å². The summed E-state index contributed by atoms with van der Waals surface area (Å²) >= 11 is 0. The molecule has 0 spiro atoms. The van der Waals surface area contributed by atoms with Gasteiger partial charge in [0, 0.05) is 6.42 Å². The smallest absolute Gasteiger partial charge is 0.405 e. The van der Waals surface area contributed by atoms with Gasteiger partial charge in [-0.15, -0.1) is 6.58 Å². The molecule has 8 heteroatoms. The second kappa shape index (κ2) is 8.01. The van der Waals surface area contributed by atoms with Gasteiger partial charge in [0.2, 0.25) is 0 Å². The van der Waals surface area contributed by atoms with E-state index in [1.165, 1.54) is 0 Å². The summed E-state index contributed by atoms with van der Waals surface area (Å²) in [6, 6.07) is 0. The average Bonchev–Trinajstić information content (AvgIpc) is 2.68. The molecule has 1 heterocycles. The predicted molar refractivity (Wildman–Crippen MR) is 138 cm³/mol. The number of fused-ring (bicyclic) bond motifs is 3. The summed E-state index contributed by atoms with van der Waals surface area (Å²) < 4.78 is 19.1. The summed E-state index contributed by atoms with van der Waals surface area (Å²) in [5.74, 6) is -0.374. The van der Waals surface area contributed by atoms with Crippen LogP contribution in [0.1, 0.15) is 74.7 Å². The molecule has 2 fully saturated rings. The molecule has 1 saturated carbocycles. The molecule has 6 atom stereocenters. The summed E-state index contributed by atoms with van der Waals surface area (Å²) in [7, 11) is -2.29. The number of ether oxygens (including phenoxy) is 2. The minimum absolute atomic E-state index is 0.0536. The number of rotatable bonds is 4. The van der Waals surface area contributed by atoms with Crippen molar-refractivity contribution in [1.29, 1.82) is 0 Å². The first-order valence-corrected chi connectivity index (χ1v) is 15.5. The number of nitrogens with two attached hydrogens (primary N) is 1. The van der Waals surface area contributed by atoms with Crippen LogP contribution in [-0.4, -0.2) is 54.3 Å². The number of hydrogen-bond acceptors (Lipinski definition) is 6. The van der Waals surface area contributed by atoms with Gasteiger partial charge < -0.3 is 24.7 Å². The van der Waals surface area contributed by atoms with E-state index in [9.17, 15) is 14.7 Å². The van der Waals surface area contributed by atoms with E-state index in [4.69, 9.17) is 19.6 Å². The first kappa shape index (κ1) is 28.1. The van der Waals surface area contributed by atoms with E-state index in [0.717, 1.165) is 12.0 Å². The van der Waals surface area contributed by atoms with Crippen LogP contribution < -0.4 is 5.73 Å². The van der Waals surface area contributed by atoms with Crippen LogP contribution in [0.2, 0.25) is 18.1 Å². The fourth-order valence-electron chi connectivity index (χ4n) is 6.41. The van der Waals surface area contributed by atoms with E-state index < -0.39 is 48.8 Å². The Morgan fingerprint density at radius 2 is 1.83 bits per heavy atom. The molecule has 35 heavy (non-hydrogen) atoms. The van der Waals surface area contributed by atoms with Gasteiger partial charge in [0.1, 0.15) is 5.60 Å². The largest absolute Gasteiger partial charge is 0.439 e. The van der Waals surface area contributed by atoms with E-state index in [-0.39, 0.29) is 22.7 Å². The van der Waals surface area contributed by atoms with Crippen LogP contribution in [0.15, 0.2) is 24.3 Å². The summed E-state index contributed by atoms with van der Waals surface area (Å²) in [6.07, 6.45) is 2.34. The first-order chi connectivity index (χ1) is 15.6. The van der Waals surface area contributed by atoms with Crippen LogP contribution in [-0.2, 0) is 18.7 Å². The maximum atomic E-state index is 14.1. The molecule has 0 aromatic rings. The van der Waals surface area contributed by atoms with Gasteiger partial charge in [-0.3, -0.25) is 4.79 Å². The van der Waals surface area contributed by atoms with Gasteiger partial charge in [0.25, 0.3) is 0 Å². The molecule has 3 N–H and O–H groups in total. The molecule has 0 bridgehead atoms. The zero-order chi connectivity index (χ0) is 27.0. The Hall–Kier alpha value is -1.48. The van der Waals surface area contributed by atoms with Gasteiger partial charge in [-0.1, -0.05) is 53.2 Å². The minimum Gasteiger partial charge on any atom is -0.439 e. The van der Waals surface area contributed by atoms with Crippen LogP contribution >= 0.6 is 0 Å². The van der Waals surface area contributed by atoms with Crippen molar-refractivity contribution >= 4 is 20.2 Å². The summed E-state index contributed by atoms with van der Waals surface area (Å²) in [6.45, 7) is 24.2. The van der Waals surface area contributed by atoms with Crippen LogP contribution in [0.25, 0.3) is 0 Å². The van der Waals surface area contributed by atoms with Crippen molar-refractivity contribution in [3.63, 3.8) is 0 Å². The minimum atomic E-state index is -2.29. The second-order valence-corrected chi connectivity index (χ2v) is 18.2. The van der Waals surface area contributed by atoms with Gasteiger partial charge >= 0.3 is 6.09 Å². The highest BCUT2D eigenvalue weighted by molar-refractivity contribution is 6.74. The van der Waals surface area contributed by atoms with E-state index >= 15 is 0 Å². The highest BCUT2D eigenvalue weighted by Crippen LogP contribution is 2.66. The molecule has 0 aromatic heterocycles. The Kier molecular flexibility index (Phi) is 6.43. The molecule has 3 rings (SSSR count). The lowest BCUT2D eigenvalue weighted by molar-refractivity contribution is -0.302. The molecule has 7 nitrogen and oxygen atoms in total. The second-order valence-electron chi connectivity index (χ2n) is 13.5. The SMILES string of the molecule is C=C[C@@]1(C)CC(=O)[C@@]2(O)[C@](C)(O1)[C@@H](OC(N)=O)C=C1C(C)(C)CC[C@H](O[Si](C)(C)C(C)(C)C)[C@@]12C. The van der Waals surface area contributed by atoms with Crippen molar-refractivity contribution in [3.8, 4) is 0 Å². The number of Topliss-reactive ketones (excluding diaryl/α,β-unsaturated/α-hetero) is 1. The summed E-state index contributed by atoms with van der Waals surface area (Å²) in [5.41, 5.74) is 0.120. The molecule has 3 aliphatic rings. The fraction of sp³-hybridized carbons (Fsp3) is 0.778. The van der Waals surface area contributed by atoms with Crippen LogP contribution in [0.5, 0.6) is 0 Å². The lowest BCUT2D eigenvalue weighted by atomic mass is 9.44. The number of aliphatic hydroxyl groups is 1. The number of amides is 1. The van der Waals surface area contributed by atoms with E-state index in [1.807, 2.05) is 13.0 Å². The number of primary amides is 1. The number of ketones is 1. The highest BCUT2D eigenvalue weighted by Gasteiger charge is 2.77. The Morgan fingerprint density at radius 1 is 1.26 bits per heavy atom. The highest BCUT2D eigenvalue weighted by atomic mass is 28.4. The third-order valence-corrected chi connectivity index (χ3v) is 14.1. The van der Waals surface area contributed by atoms with Gasteiger partial charge in [0.15, 0.2) is 25.8 Å². The lowest BCUT2D eigenvalue weighted by Gasteiger charge is -2.68. The van der Waals surface area contributed by atoms with Gasteiger partial charge in [0.05, 0.1) is 17.1 Å². The van der Waals surface area contributed by atoms with Gasteiger partial charge in [-0.25, -0.2) is 4.79 Å². The zero-order valence-electron chi connectivity index (χ0n) is 23.2. The standard InChI is InChI=1S/C27H45NO6Si/c1-12-24(7)16-18(29)27(31)25(8)17(15-20(32-21(28)30)26(27,9)34-24)23(5,6)14-13-19(25)33-35(10,11)22(2,3)4/h12,15,19-20,31H,1,13-14,16H2,2-11H3,(H2,28,30)/t19-,20-,24-,25+,26+,27-/m0/s1. The first-order valence-electron chi connectivity index (χ1n) is 12.6. The van der Waals surface area contributed by atoms with E-state index in [0.29, 0.717) is 6.42 Å². The van der Waals surface area contributed by atoms with Crippen LogP contribution in [0.3, 0.4) is 0 Å². The van der Waals surface area contributed by atoms with Crippen LogP contribution in [0.4, 0.5) is 4.79 Å². The van der Waals surface area contributed by atoms with Gasteiger partial charge in [-0.05, 0) is 56.3 Å². The monoisotopic (exact) mass is 507 g/mol. The molecule has 2 aliphatic carbocycles.